The van der Waals surface area contributed by atoms with E-state index in [0.717, 1.165) is 19.4 Å². The quantitative estimate of drug-likeness (QED) is 0.630. The summed E-state index contributed by atoms with van der Waals surface area (Å²) in [4.78, 5) is 22.1. The van der Waals surface area contributed by atoms with Gasteiger partial charge in [0.2, 0.25) is 0 Å². The Labute approximate surface area is 116 Å². The van der Waals surface area contributed by atoms with Gasteiger partial charge in [-0.15, -0.1) is 0 Å². The van der Waals surface area contributed by atoms with E-state index in [9.17, 15) is 14.9 Å². The molecular formula is C13H17N3O4. The number of anilines is 1. The Kier molecular flexibility index (Phi) is 4.52. The first-order valence-electron chi connectivity index (χ1n) is 6.48. The molecule has 1 fully saturated rings. The second-order valence-electron chi connectivity index (χ2n) is 4.58. The number of hydrogen-bond donors (Lipinski definition) is 2. The fourth-order valence-electron chi connectivity index (χ4n) is 2.15. The predicted molar refractivity (Wildman–Crippen MR) is 74.0 cm³/mol. The van der Waals surface area contributed by atoms with E-state index in [1.807, 2.05) is 0 Å². The Hall–Kier alpha value is -2.15. The van der Waals surface area contributed by atoms with Crippen LogP contribution in [0.25, 0.3) is 0 Å². The molecule has 7 heteroatoms. The van der Waals surface area contributed by atoms with Crippen LogP contribution in [-0.4, -0.2) is 37.1 Å². The molecule has 1 aromatic rings. The highest BCUT2D eigenvalue weighted by molar-refractivity contribution is 5.95. The molecule has 7 nitrogen and oxygen atoms in total. The molecule has 2 rings (SSSR count). The van der Waals surface area contributed by atoms with Crippen molar-refractivity contribution in [3.8, 4) is 0 Å². The molecule has 1 atom stereocenters. The van der Waals surface area contributed by atoms with E-state index in [1.54, 1.807) is 12.1 Å². The average Bonchev–Trinajstić information content (AvgIpc) is 2.97. The van der Waals surface area contributed by atoms with Crippen LogP contribution >= 0.6 is 0 Å². The third kappa shape index (κ3) is 3.24. The van der Waals surface area contributed by atoms with E-state index in [4.69, 9.17) is 4.74 Å². The van der Waals surface area contributed by atoms with Crippen molar-refractivity contribution in [2.75, 3.05) is 25.5 Å². The lowest BCUT2D eigenvalue weighted by molar-refractivity contribution is -0.384. The summed E-state index contributed by atoms with van der Waals surface area (Å²) in [5, 5.41) is 16.5. The van der Waals surface area contributed by atoms with Crippen molar-refractivity contribution in [2.24, 2.45) is 0 Å². The molecule has 0 aliphatic carbocycles. The highest BCUT2D eigenvalue weighted by Crippen LogP contribution is 2.26. The highest BCUT2D eigenvalue weighted by Gasteiger charge is 2.20. The number of rotatable bonds is 5. The lowest BCUT2D eigenvalue weighted by Gasteiger charge is -2.12. The maximum absolute atomic E-state index is 11.5. The number of nitro benzene ring substituents is 1. The summed E-state index contributed by atoms with van der Waals surface area (Å²) in [6.07, 6.45) is 2.06. The van der Waals surface area contributed by atoms with E-state index in [-0.39, 0.29) is 23.3 Å². The molecule has 1 unspecified atom stereocenters. The molecule has 1 aromatic carbocycles. The summed E-state index contributed by atoms with van der Waals surface area (Å²) < 4.78 is 5.46. The molecule has 0 radical (unpaired) electrons. The second-order valence-corrected chi connectivity index (χ2v) is 4.58. The number of nitrogens with zero attached hydrogens (tertiary/aromatic N) is 1. The minimum atomic E-state index is -0.496. The van der Waals surface area contributed by atoms with E-state index in [1.165, 1.54) is 13.1 Å². The van der Waals surface area contributed by atoms with Crippen molar-refractivity contribution in [1.82, 2.24) is 5.32 Å². The Morgan fingerprint density at radius 3 is 2.95 bits per heavy atom. The molecule has 0 bridgehead atoms. The molecule has 1 amide bonds. The molecule has 1 aliphatic rings. The van der Waals surface area contributed by atoms with Gasteiger partial charge < -0.3 is 15.4 Å². The normalized spacial score (nSPS) is 17.8. The first-order valence-corrected chi connectivity index (χ1v) is 6.48. The van der Waals surface area contributed by atoms with Crippen LogP contribution in [0.2, 0.25) is 0 Å². The van der Waals surface area contributed by atoms with E-state index in [2.05, 4.69) is 10.6 Å². The van der Waals surface area contributed by atoms with Gasteiger partial charge in [-0.25, -0.2) is 0 Å². The zero-order valence-corrected chi connectivity index (χ0v) is 11.2. The Morgan fingerprint density at radius 1 is 1.55 bits per heavy atom. The minimum Gasteiger partial charge on any atom is -0.377 e. The lowest BCUT2D eigenvalue weighted by Crippen LogP contribution is -2.20. The number of ether oxygens (including phenoxy) is 1. The first kappa shape index (κ1) is 14.3. The van der Waals surface area contributed by atoms with Crippen LogP contribution < -0.4 is 10.6 Å². The topological polar surface area (TPSA) is 93.5 Å². The Morgan fingerprint density at radius 2 is 2.35 bits per heavy atom. The molecule has 108 valence electrons. The van der Waals surface area contributed by atoms with Crippen molar-refractivity contribution in [1.29, 1.82) is 0 Å². The van der Waals surface area contributed by atoms with Crippen molar-refractivity contribution in [3.05, 3.63) is 33.9 Å². The Balaban J connectivity index is 2.14. The van der Waals surface area contributed by atoms with E-state index in [0.29, 0.717) is 12.2 Å². The van der Waals surface area contributed by atoms with Gasteiger partial charge in [-0.1, -0.05) is 0 Å². The minimum absolute atomic E-state index is 0.0909. The maximum atomic E-state index is 11.5. The number of nitro groups is 1. The van der Waals surface area contributed by atoms with Crippen molar-refractivity contribution in [2.45, 2.75) is 18.9 Å². The molecule has 1 saturated heterocycles. The summed E-state index contributed by atoms with van der Waals surface area (Å²) in [7, 11) is 1.48. The fraction of sp³-hybridized carbons (Fsp3) is 0.462. The van der Waals surface area contributed by atoms with Crippen molar-refractivity contribution in [3.63, 3.8) is 0 Å². The third-order valence-electron chi connectivity index (χ3n) is 3.23. The van der Waals surface area contributed by atoms with Gasteiger partial charge in [0.15, 0.2) is 0 Å². The predicted octanol–water partition coefficient (Wildman–Crippen LogP) is 1.55. The summed E-state index contributed by atoms with van der Waals surface area (Å²) in [6, 6.07) is 4.39. The Bertz CT molecular complexity index is 512. The van der Waals surface area contributed by atoms with Crippen LogP contribution in [0.4, 0.5) is 11.4 Å². The summed E-state index contributed by atoms with van der Waals surface area (Å²) in [5.74, 6) is -0.348. The lowest BCUT2D eigenvalue weighted by atomic mass is 10.1. The number of carbonyl (C=O) groups is 1. The van der Waals surface area contributed by atoms with E-state index < -0.39 is 4.92 Å². The van der Waals surface area contributed by atoms with Crippen LogP contribution in [-0.2, 0) is 4.74 Å². The fourth-order valence-corrected chi connectivity index (χ4v) is 2.15. The average molecular weight is 279 g/mol. The summed E-state index contributed by atoms with van der Waals surface area (Å²) in [6.45, 7) is 1.27. The zero-order chi connectivity index (χ0) is 14.5. The van der Waals surface area contributed by atoms with Gasteiger partial charge in [0.1, 0.15) is 5.69 Å². The monoisotopic (exact) mass is 279 g/mol. The second kappa shape index (κ2) is 6.33. The SMILES string of the molecule is CNC(=O)c1ccc(NCC2CCCO2)c([N+](=O)[O-])c1. The molecule has 1 aliphatic heterocycles. The molecule has 0 aromatic heterocycles. The standard InChI is InChI=1S/C13H17N3O4/c1-14-13(17)9-4-5-11(12(7-9)16(18)19)15-8-10-3-2-6-20-10/h4-5,7,10,15H,2-3,6,8H2,1H3,(H,14,17). The highest BCUT2D eigenvalue weighted by atomic mass is 16.6. The van der Waals surface area contributed by atoms with Gasteiger partial charge in [-0.2, -0.15) is 0 Å². The molecule has 0 spiro atoms. The molecule has 20 heavy (non-hydrogen) atoms. The van der Waals surface area contributed by atoms with Gasteiger partial charge in [-0.05, 0) is 25.0 Å². The van der Waals surface area contributed by atoms with Crippen LogP contribution in [0.5, 0.6) is 0 Å². The number of nitrogens with one attached hydrogen (secondary N) is 2. The van der Waals surface area contributed by atoms with Gasteiger partial charge in [-0.3, -0.25) is 14.9 Å². The van der Waals surface area contributed by atoms with Gasteiger partial charge in [0.25, 0.3) is 11.6 Å². The van der Waals surface area contributed by atoms with Crippen LogP contribution in [0, 0.1) is 10.1 Å². The summed E-state index contributed by atoms with van der Waals surface area (Å²) in [5.41, 5.74) is 0.559. The van der Waals surface area contributed by atoms with Gasteiger partial charge in [0, 0.05) is 31.8 Å². The number of amides is 1. The summed E-state index contributed by atoms with van der Waals surface area (Å²) >= 11 is 0. The van der Waals surface area contributed by atoms with Gasteiger partial charge >= 0.3 is 0 Å². The number of hydrogen-bond acceptors (Lipinski definition) is 5. The van der Waals surface area contributed by atoms with Crippen molar-refractivity contribution >= 4 is 17.3 Å². The molecule has 2 N–H and O–H groups in total. The largest absolute Gasteiger partial charge is 0.377 e. The maximum Gasteiger partial charge on any atom is 0.293 e. The van der Waals surface area contributed by atoms with Crippen molar-refractivity contribution < 1.29 is 14.5 Å². The van der Waals surface area contributed by atoms with Crippen LogP contribution in [0.1, 0.15) is 23.2 Å². The molecule has 0 saturated carbocycles. The van der Waals surface area contributed by atoms with E-state index >= 15 is 0 Å². The third-order valence-corrected chi connectivity index (χ3v) is 3.23. The number of carbonyl (C=O) groups excluding carboxylic acids is 1. The van der Waals surface area contributed by atoms with Gasteiger partial charge in [0.05, 0.1) is 11.0 Å². The number of benzene rings is 1. The molecule has 1 heterocycles. The first-order chi connectivity index (χ1) is 9.61. The van der Waals surface area contributed by atoms with Crippen LogP contribution in [0.15, 0.2) is 18.2 Å². The smallest absolute Gasteiger partial charge is 0.293 e. The van der Waals surface area contributed by atoms with Crippen LogP contribution in [0.3, 0.4) is 0 Å². The zero-order valence-electron chi connectivity index (χ0n) is 11.2. The molecular weight excluding hydrogens is 262 g/mol.